The maximum absolute atomic E-state index is 12.5. The van der Waals surface area contributed by atoms with Gasteiger partial charge in [0.1, 0.15) is 10.8 Å². The predicted octanol–water partition coefficient (Wildman–Crippen LogP) is 5.61. The number of amides is 1. The molecule has 0 saturated heterocycles. The van der Waals surface area contributed by atoms with Crippen LogP contribution in [0.15, 0.2) is 77.8 Å². The van der Waals surface area contributed by atoms with Crippen molar-refractivity contribution < 1.29 is 9.53 Å². The van der Waals surface area contributed by atoms with E-state index in [0.29, 0.717) is 22.9 Å². The van der Waals surface area contributed by atoms with Gasteiger partial charge in [-0.25, -0.2) is 9.97 Å². The van der Waals surface area contributed by atoms with Gasteiger partial charge < -0.3 is 10.1 Å². The summed E-state index contributed by atoms with van der Waals surface area (Å²) in [5.41, 5.74) is 4.24. The Morgan fingerprint density at radius 3 is 2.48 bits per heavy atom. The molecule has 4 aromatic rings. The number of aromatic nitrogens is 2. The number of fused-ring (bicyclic) bond motifs is 1. The quantitative estimate of drug-likeness (QED) is 0.371. The molecule has 0 aliphatic heterocycles. The highest BCUT2D eigenvalue weighted by Gasteiger charge is 2.13. The summed E-state index contributed by atoms with van der Waals surface area (Å²) in [5, 5.41) is 4.33. The van der Waals surface area contributed by atoms with Crippen molar-refractivity contribution in [3.63, 3.8) is 0 Å². The van der Waals surface area contributed by atoms with Crippen LogP contribution in [-0.2, 0) is 11.2 Å². The second-order valence-corrected chi connectivity index (χ2v) is 8.24. The zero-order chi connectivity index (χ0) is 21.6. The number of carbonyl (C=O) groups excluding carboxylic acids is 1. The van der Waals surface area contributed by atoms with Gasteiger partial charge >= 0.3 is 0 Å². The molecule has 0 unspecified atom stereocenters. The van der Waals surface area contributed by atoms with E-state index in [1.165, 1.54) is 11.8 Å². The second kappa shape index (κ2) is 9.81. The SMILES string of the molecule is COc1cccc(NC(=O)CSc2nc3ccccc3nc2Cc2ccc(Cl)cc2)c1. The molecule has 0 fully saturated rings. The van der Waals surface area contributed by atoms with Crippen molar-refractivity contribution in [2.45, 2.75) is 11.4 Å². The number of thioether (sulfide) groups is 1. The lowest BCUT2D eigenvalue weighted by Crippen LogP contribution is -2.14. The Kier molecular flexibility index (Phi) is 6.70. The summed E-state index contributed by atoms with van der Waals surface area (Å²) >= 11 is 7.39. The van der Waals surface area contributed by atoms with Gasteiger partial charge in [-0.1, -0.05) is 53.7 Å². The molecule has 0 radical (unpaired) electrons. The van der Waals surface area contributed by atoms with Gasteiger partial charge in [-0.05, 0) is 42.0 Å². The minimum absolute atomic E-state index is 0.120. The second-order valence-electron chi connectivity index (χ2n) is 6.84. The molecule has 0 atom stereocenters. The summed E-state index contributed by atoms with van der Waals surface area (Å²) in [4.78, 5) is 22.1. The third kappa shape index (κ3) is 5.54. The van der Waals surface area contributed by atoms with Crippen molar-refractivity contribution in [2.24, 2.45) is 0 Å². The average molecular weight is 450 g/mol. The molecule has 0 aliphatic carbocycles. The Bertz CT molecular complexity index is 1220. The van der Waals surface area contributed by atoms with Crippen LogP contribution < -0.4 is 10.1 Å². The molecular weight excluding hydrogens is 430 g/mol. The van der Waals surface area contributed by atoms with Gasteiger partial charge in [-0.2, -0.15) is 0 Å². The first-order valence-electron chi connectivity index (χ1n) is 9.67. The van der Waals surface area contributed by atoms with Gasteiger partial charge in [0.25, 0.3) is 0 Å². The number of benzene rings is 3. The molecule has 5 nitrogen and oxygen atoms in total. The van der Waals surface area contributed by atoms with E-state index in [2.05, 4.69) is 5.32 Å². The van der Waals surface area contributed by atoms with Crippen molar-refractivity contribution >= 4 is 46.0 Å². The largest absolute Gasteiger partial charge is 0.497 e. The minimum Gasteiger partial charge on any atom is -0.497 e. The molecule has 1 heterocycles. The summed E-state index contributed by atoms with van der Waals surface area (Å²) in [6.07, 6.45) is 0.606. The van der Waals surface area contributed by atoms with Crippen molar-refractivity contribution in [3.8, 4) is 5.75 Å². The van der Waals surface area contributed by atoms with E-state index in [0.717, 1.165) is 27.3 Å². The van der Waals surface area contributed by atoms with Crippen LogP contribution in [0.3, 0.4) is 0 Å². The topological polar surface area (TPSA) is 64.1 Å². The lowest BCUT2D eigenvalue weighted by molar-refractivity contribution is -0.113. The van der Waals surface area contributed by atoms with E-state index < -0.39 is 0 Å². The normalized spacial score (nSPS) is 10.8. The number of hydrogen-bond acceptors (Lipinski definition) is 5. The highest BCUT2D eigenvalue weighted by molar-refractivity contribution is 8.00. The number of carbonyl (C=O) groups is 1. The first kappa shape index (κ1) is 21.2. The van der Waals surface area contributed by atoms with Crippen LogP contribution in [0.1, 0.15) is 11.3 Å². The van der Waals surface area contributed by atoms with Crippen molar-refractivity contribution in [2.75, 3.05) is 18.2 Å². The van der Waals surface area contributed by atoms with Gasteiger partial charge in [-0.3, -0.25) is 4.79 Å². The maximum atomic E-state index is 12.5. The third-order valence-electron chi connectivity index (χ3n) is 4.58. The molecule has 7 heteroatoms. The Morgan fingerprint density at radius 1 is 1.00 bits per heavy atom. The smallest absolute Gasteiger partial charge is 0.234 e. The molecule has 0 saturated carbocycles. The molecule has 1 amide bonds. The van der Waals surface area contributed by atoms with Gasteiger partial charge in [0.05, 0.1) is 29.6 Å². The highest BCUT2D eigenvalue weighted by Crippen LogP contribution is 2.25. The molecule has 4 rings (SSSR count). The molecule has 0 spiro atoms. The van der Waals surface area contributed by atoms with Crippen LogP contribution in [0.5, 0.6) is 5.75 Å². The zero-order valence-corrected chi connectivity index (χ0v) is 18.4. The number of halogens is 1. The van der Waals surface area contributed by atoms with Gasteiger partial charge in [0.15, 0.2) is 0 Å². The summed E-state index contributed by atoms with van der Waals surface area (Å²) < 4.78 is 5.20. The summed E-state index contributed by atoms with van der Waals surface area (Å²) in [6.45, 7) is 0. The van der Waals surface area contributed by atoms with Crippen LogP contribution in [0, 0.1) is 0 Å². The van der Waals surface area contributed by atoms with E-state index in [1.54, 1.807) is 13.2 Å². The zero-order valence-electron chi connectivity index (χ0n) is 16.8. The van der Waals surface area contributed by atoms with Crippen LogP contribution in [0.4, 0.5) is 5.69 Å². The molecule has 156 valence electrons. The molecule has 0 aliphatic rings. The van der Waals surface area contributed by atoms with Gasteiger partial charge in [-0.15, -0.1) is 0 Å². The summed E-state index contributed by atoms with van der Waals surface area (Å²) in [5.74, 6) is 0.791. The first-order chi connectivity index (χ1) is 15.1. The lowest BCUT2D eigenvalue weighted by atomic mass is 10.1. The van der Waals surface area contributed by atoms with Gasteiger partial charge in [0.2, 0.25) is 5.91 Å². The standard InChI is InChI=1S/C24H20ClN3O2S/c1-30-19-6-4-5-18(14-19)26-23(29)15-31-24-22(13-16-9-11-17(25)12-10-16)27-20-7-2-3-8-21(20)28-24/h2-12,14H,13,15H2,1H3,(H,26,29). The third-order valence-corrected chi connectivity index (χ3v) is 5.84. The van der Waals surface area contributed by atoms with Crippen molar-refractivity contribution in [3.05, 3.63) is 89.1 Å². The fourth-order valence-corrected chi connectivity index (χ4v) is 3.99. The van der Waals surface area contributed by atoms with Crippen molar-refractivity contribution in [1.29, 1.82) is 0 Å². The Morgan fingerprint density at radius 2 is 1.74 bits per heavy atom. The fraction of sp³-hybridized carbons (Fsp3) is 0.125. The monoisotopic (exact) mass is 449 g/mol. The van der Waals surface area contributed by atoms with Crippen LogP contribution >= 0.6 is 23.4 Å². The molecule has 3 aromatic carbocycles. The molecule has 31 heavy (non-hydrogen) atoms. The summed E-state index contributed by atoms with van der Waals surface area (Å²) in [7, 11) is 1.59. The number of methoxy groups -OCH3 is 1. The first-order valence-corrected chi connectivity index (χ1v) is 11.0. The average Bonchev–Trinajstić information content (AvgIpc) is 2.79. The Labute approximate surface area is 189 Å². The Hall–Kier alpha value is -3.09. The molecule has 1 aromatic heterocycles. The van der Waals surface area contributed by atoms with Crippen LogP contribution in [0.25, 0.3) is 11.0 Å². The molecular formula is C24H20ClN3O2S. The molecule has 1 N–H and O–H groups in total. The summed E-state index contributed by atoms with van der Waals surface area (Å²) in [6, 6.07) is 22.7. The molecule has 0 bridgehead atoms. The van der Waals surface area contributed by atoms with E-state index in [-0.39, 0.29) is 11.7 Å². The van der Waals surface area contributed by atoms with Crippen LogP contribution in [-0.4, -0.2) is 28.7 Å². The minimum atomic E-state index is -0.120. The number of ether oxygens (including phenoxy) is 1. The Balaban J connectivity index is 1.53. The van der Waals surface area contributed by atoms with Crippen LogP contribution in [0.2, 0.25) is 5.02 Å². The predicted molar refractivity (Wildman–Crippen MR) is 126 cm³/mol. The van der Waals surface area contributed by atoms with E-state index in [4.69, 9.17) is 26.3 Å². The fourth-order valence-electron chi connectivity index (χ4n) is 3.08. The lowest BCUT2D eigenvalue weighted by Gasteiger charge is -2.11. The number of para-hydroxylation sites is 2. The van der Waals surface area contributed by atoms with Gasteiger partial charge in [0, 0.05) is 23.2 Å². The number of anilines is 1. The highest BCUT2D eigenvalue weighted by atomic mass is 35.5. The number of rotatable bonds is 7. The van der Waals surface area contributed by atoms with E-state index in [9.17, 15) is 4.79 Å². The van der Waals surface area contributed by atoms with E-state index in [1.807, 2.05) is 66.7 Å². The van der Waals surface area contributed by atoms with E-state index >= 15 is 0 Å². The maximum Gasteiger partial charge on any atom is 0.234 e. The van der Waals surface area contributed by atoms with Crippen molar-refractivity contribution in [1.82, 2.24) is 9.97 Å². The number of hydrogen-bond donors (Lipinski definition) is 1. The number of nitrogens with zero attached hydrogens (tertiary/aromatic N) is 2. The number of nitrogens with one attached hydrogen (secondary N) is 1.